The molecule has 3 rings (SSSR count). The van der Waals surface area contributed by atoms with Crippen LogP contribution in [0.3, 0.4) is 0 Å². The van der Waals surface area contributed by atoms with E-state index in [2.05, 4.69) is 15.4 Å². The lowest BCUT2D eigenvalue weighted by Gasteiger charge is -2.03. The lowest BCUT2D eigenvalue weighted by atomic mass is 10.1. The Kier molecular flexibility index (Phi) is 2.26. The van der Waals surface area contributed by atoms with Crippen LogP contribution in [0.2, 0.25) is 0 Å². The molecule has 0 amide bonds. The molecule has 0 radical (unpaired) electrons. The Balaban J connectivity index is 2.06. The zero-order chi connectivity index (χ0) is 11.7. The highest BCUT2D eigenvalue weighted by atomic mass is 16.5. The summed E-state index contributed by atoms with van der Waals surface area (Å²) in [7, 11) is 1.66. The number of nitrogens with zero attached hydrogens (tertiary/aromatic N) is 2. The highest BCUT2D eigenvalue weighted by molar-refractivity contribution is 5.80. The van der Waals surface area contributed by atoms with Gasteiger partial charge in [-0.2, -0.15) is 15.4 Å². The smallest absolute Gasteiger partial charge is 0.118 e. The molecule has 0 bridgehead atoms. The predicted octanol–water partition coefficient (Wildman–Crippen LogP) is 2.63. The van der Waals surface area contributed by atoms with Crippen LogP contribution < -0.4 is 4.74 Å². The average Bonchev–Trinajstić information content (AvgIpc) is 2.86. The van der Waals surface area contributed by atoms with Crippen molar-refractivity contribution in [2.45, 2.75) is 0 Å². The minimum Gasteiger partial charge on any atom is -0.497 e. The van der Waals surface area contributed by atoms with E-state index in [1.807, 2.05) is 42.5 Å². The second-order valence-electron chi connectivity index (χ2n) is 3.76. The second kappa shape index (κ2) is 3.90. The molecule has 2 aromatic carbocycles. The minimum absolute atomic E-state index is 0.858. The van der Waals surface area contributed by atoms with Crippen molar-refractivity contribution in [3.63, 3.8) is 0 Å². The lowest BCUT2D eigenvalue weighted by molar-refractivity contribution is 0.415. The quantitative estimate of drug-likeness (QED) is 0.729. The van der Waals surface area contributed by atoms with E-state index < -0.39 is 0 Å². The monoisotopic (exact) mass is 225 g/mol. The Hall–Kier alpha value is -2.36. The van der Waals surface area contributed by atoms with Gasteiger partial charge in [0.15, 0.2) is 0 Å². The topological polar surface area (TPSA) is 50.8 Å². The normalized spacial score (nSPS) is 10.6. The van der Waals surface area contributed by atoms with E-state index in [1.165, 1.54) is 0 Å². The van der Waals surface area contributed by atoms with Crippen LogP contribution >= 0.6 is 0 Å². The maximum absolute atomic E-state index is 5.14. The Bertz CT molecular complexity index is 643. The molecule has 17 heavy (non-hydrogen) atoms. The van der Waals surface area contributed by atoms with Gasteiger partial charge in [0, 0.05) is 0 Å². The van der Waals surface area contributed by atoms with E-state index in [0.29, 0.717) is 0 Å². The molecule has 3 aromatic rings. The molecule has 84 valence electrons. The first-order valence-corrected chi connectivity index (χ1v) is 5.32. The molecule has 0 spiro atoms. The summed E-state index contributed by atoms with van der Waals surface area (Å²) < 4.78 is 5.14. The highest BCUT2D eigenvalue weighted by Gasteiger charge is 2.02. The fourth-order valence-electron chi connectivity index (χ4n) is 1.80. The van der Waals surface area contributed by atoms with E-state index in [0.717, 1.165) is 27.9 Å². The summed E-state index contributed by atoms with van der Waals surface area (Å²) >= 11 is 0. The molecular formula is C13H11N3O. The summed E-state index contributed by atoms with van der Waals surface area (Å²) in [6.45, 7) is 0. The van der Waals surface area contributed by atoms with Crippen LogP contribution in [0.15, 0.2) is 42.5 Å². The van der Waals surface area contributed by atoms with Crippen LogP contribution in [-0.4, -0.2) is 22.5 Å². The van der Waals surface area contributed by atoms with Crippen LogP contribution in [0.5, 0.6) is 5.75 Å². The number of hydrogen-bond acceptors (Lipinski definition) is 3. The average molecular weight is 225 g/mol. The maximum atomic E-state index is 5.14. The van der Waals surface area contributed by atoms with Crippen LogP contribution in [0.1, 0.15) is 0 Å². The Labute approximate surface area is 98.2 Å². The molecule has 0 unspecified atom stereocenters. The maximum Gasteiger partial charge on any atom is 0.118 e. The van der Waals surface area contributed by atoms with Crippen LogP contribution in [-0.2, 0) is 0 Å². The summed E-state index contributed by atoms with van der Waals surface area (Å²) in [5, 5.41) is 10.7. The second-order valence-corrected chi connectivity index (χ2v) is 3.76. The molecular weight excluding hydrogens is 214 g/mol. The summed E-state index contributed by atoms with van der Waals surface area (Å²) in [5.74, 6) is 0.858. The Morgan fingerprint density at radius 3 is 2.35 bits per heavy atom. The van der Waals surface area contributed by atoms with Gasteiger partial charge in [-0.3, -0.25) is 0 Å². The Morgan fingerprint density at radius 1 is 0.882 bits per heavy atom. The molecule has 1 aromatic heterocycles. The van der Waals surface area contributed by atoms with Gasteiger partial charge in [0.25, 0.3) is 0 Å². The van der Waals surface area contributed by atoms with Crippen molar-refractivity contribution in [3.8, 4) is 16.9 Å². The van der Waals surface area contributed by atoms with E-state index in [-0.39, 0.29) is 0 Å². The number of H-pyrrole nitrogens is 1. The molecule has 0 aliphatic heterocycles. The third-order valence-electron chi connectivity index (χ3n) is 2.74. The first kappa shape index (κ1) is 9.84. The van der Waals surface area contributed by atoms with Crippen LogP contribution in [0, 0.1) is 0 Å². The molecule has 4 nitrogen and oxygen atoms in total. The standard InChI is InChI=1S/C13H11N3O/c1-17-11-5-2-9(3-6-11)10-4-7-12-13(8-10)15-16-14-12/h2-8H,1H3,(H,14,15,16). The van der Waals surface area contributed by atoms with Crippen molar-refractivity contribution in [2.75, 3.05) is 7.11 Å². The SMILES string of the molecule is COc1ccc(-c2ccc3n[nH]nc3c2)cc1. The van der Waals surface area contributed by atoms with Gasteiger partial charge in [-0.15, -0.1) is 0 Å². The number of fused-ring (bicyclic) bond motifs is 1. The summed E-state index contributed by atoms with van der Waals surface area (Å²) in [6.07, 6.45) is 0. The Morgan fingerprint density at radius 2 is 1.59 bits per heavy atom. The lowest BCUT2D eigenvalue weighted by Crippen LogP contribution is -1.83. The fraction of sp³-hybridized carbons (Fsp3) is 0.0769. The van der Waals surface area contributed by atoms with Gasteiger partial charge in [-0.1, -0.05) is 18.2 Å². The number of nitrogens with one attached hydrogen (secondary N) is 1. The first-order chi connectivity index (χ1) is 8.36. The molecule has 4 heteroatoms. The van der Waals surface area contributed by atoms with Crippen molar-refractivity contribution in [3.05, 3.63) is 42.5 Å². The largest absolute Gasteiger partial charge is 0.497 e. The van der Waals surface area contributed by atoms with Gasteiger partial charge in [0.1, 0.15) is 16.8 Å². The zero-order valence-electron chi connectivity index (χ0n) is 9.34. The van der Waals surface area contributed by atoms with Crippen molar-refractivity contribution in [1.82, 2.24) is 15.4 Å². The molecule has 0 aliphatic carbocycles. The van der Waals surface area contributed by atoms with Gasteiger partial charge in [0.05, 0.1) is 7.11 Å². The molecule has 0 aliphatic rings. The number of methoxy groups -OCH3 is 1. The number of rotatable bonds is 2. The van der Waals surface area contributed by atoms with Crippen molar-refractivity contribution in [1.29, 1.82) is 0 Å². The van der Waals surface area contributed by atoms with E-state index >= 15 is 0 Å². The van der Waals surface area contributed by atoms with Gasteiger partial charge in [-0.25, -0.2) is 0 Å². The fourth-order valence-corrected chi connectivity index (χ4v) is 1.80. The molecule has 1 N–H and O–H groups in total. The van der Waals surface area contributed by atoms with Crippen LogP contribution in [0.4, 0.5) is 0 Å². The van der Waals surface area contributed by atoms with Gasteiger partial charge >= 0.3 is 0 Å². The first-order valence-electron chi connectivity index (χ1n) is 5.32. The van der Waals surface area contributed by atoms with Crippen molar-refractivity contribution >= 4 is 11.0 Å². The van der Waals surface area contributed by atoms with E-state index in [4.69, 9.17) is 4.74 Å². The third-order valence-corrected chi connectivity index (χ3v) is 2.74. The van der Waals surface area contributed by atoms with E-state index in [1.54, 1.807) is 7.11 Å². The molecule has 0 saturated heterocycles. The number of benzene rings is 2. The number of aromatic nitrogens is 3. The number of aromatic amines is 1. The number of ether oxygens (including phenoxy) is 1. The summed E-state index contributed by atoms with van der Waals surface area (Å²) in [4.78, 5) is 0. The van der Waals surface area contributed by atoms with Crippen molar-refractivity contribution in [2.24, 2.45) is 0 Å². The highest BCUT2D eigenvalue weighted by Crippen LogP contribution is 2.24. The predicted molar refractivity (Wildman–Crippen MR) is 65.9 cm³/mol. The van der Waals surface area contributed by atoms with Gasteiger partial charge in [-0.05, 0) is 35.4 Å². The third kappa shape index (κ3) is 1.73. The van der Waals surface area contributed by atoms with Crippen molar-refractivity contribution < 1.29 is 4.74 Å². The minimum atomic E-state index is 0.858. The summed E-state index contributed by atoms with van der Waals surface area (Å²) in [5.41, 5.74) is 4.00. The van der Waals surface area contributed by atoms with Gasteiger partial charge in [0.2, 0.25) is 0 Å². The zero-order valence-corrected chi connectivity index (χ0v) is 9.34. The summed E-state index contributed by atoms with van der Waals surface area (Å²) in [6, 6.07) is 14.0. The molecule has 1 heterocycles. The number of hydrogen-bond donors (Lipinski definition) is 1. The molecule has 0 saturated carbocycles. The molecule has 0 fully saturated rings. The van der Waals surface area contributed by atoms with Crippen LogP contribution in [0.25, 0.3) is 22.2 Å². The van der Waals surface area contributed by atoms with E-state index in [9.17, 15) is 0 Å². The van der Waals surface area contributed by atoms with Gasteiger partial charge < -0.3 is 4.74 Å². The molecule has 0 atom stereocenters.